The summed E-state index contributed by atoms with van der Waals surface area (Å²) in [4.78, 5) is 4.36. The van der Waals surface area contributed by atoms with E-state index in [4.69, 9.17) is 0 Å². The Labute approximate surface area is 94.1 Å². The zero-order valence-electron chi connectivity index (χ0n) is 9.20. The van der Waals surface area contributed by atoms with Crippen LogP contribution in [-0.2, 0) is 0 Å². The normalized spacial score (nSPS) is 15.1. The number of H-pyrrole nitrogens is 1. The average molecular weight is 214 g/mol. The summed E-state index contributed by atoms with van der Waals surface area (Å²) in [7, 11) is 0. The van der Waals surface area contributed by atoms with Crippen LogP contribution in [0.25, 0.3) is 11.4 Å². The standard InChI is InChI=1S/C12H14N4/c1-8-13-12(16-15-8)10-4-2-3-5-11(10)14-9-6-7-9/h2-5,9,14H,6-7H2,1H3,(H,13,15,16). The van der Waals surface area contributed by atoms with E-state index in [0.29, 0.717) is 6.04 Å². The summed E-state index contributed by atoms with van der Waals surface area (Å²) in [5.74, 6) is 1.61. The maximum Gasteiger partial charge on any atom is 0.183 e. The van der Waals surface area contributed by atoms with E-state index in [1.54, 1.807) is 0 Å². The molecule has 1 fully saturated rings. The number of aromatic nitrogens is 3. The second-order valence-corrected chi connectivity index (χ2v) is 4.21. The highest BCUT2D eigenvalue weighted by Crippen LogP contribution is 2.30. The van der Waals surface area contributed by atoms with Gasteiger partial charge < -0.3 is 5.32 Å². The fraction of sp³-hybridized carbons (Fsp3) is 0.333. The van der Waals surface area contributed by atoms with Gasteiger partial charge >= 0.3 is 0 Å². The number of nitrogens with zero attached hydrogens (tertiary/aromatic N) is 2. The van der Waals surface area contributed by atoms with E-state index in [1.165, 1.54) is 12.8 Å². The zero-order valence-corrected chi connectivity index (χ0v) is 9.20. The summed E-state index contributed by atoms with van der Waals surface area (Å²) < 4.78 is 0. The van der Waals surface area contributed by atoms with Crippen molar-refractivity contribution in [3.8, 4) is 11.4 Å². The Balaban J connectivity index is 1.98. The Morgan fingerprint density at radius 3 is 2.81 bits per heavy atom. The lowest BCUT2D eigenvalue weighted by atomic mass is 10.1. The fourth-order valence-electron chi connectivity index (χ4n) is 1.71. The van der Waals surface area contributed by atoms with Gasteiger partial charge in [-0.2, -0.15) is 5.10 Å². The first kappa shape index (κ1) is 9.39. The second-order valence-electron chi connectivity index (χ2n) is 4.21. The van der Waals surface area contributed by atoms with Crippen molar-refractivity contribution < 1.29 is 0 Å². The highest BCUT2D eigenvalue weighted by Gasteiger charge is 2.22. The molecule has 1 aromatic heterocycles. The molecule has 2 N–H and O–H groups in total. The van der Waals surface area contributed by atoms with E-state index in [2.05, 4.69) is 26.6 Å². The molecule has 0 saturated heterocycles. The first-order valence-electron chi connectivity index (χ1n) is 5.58. The molecule has 2 aromatic rings. The summed E-state index contributed by atoms with van der Waals surface area (Å²) in [6.07, 6.45) is 2.53. The number of para-hydroxylation sites is 1. The van der Waals surface area contributed by atoms with Gasteiger partial charge in [0.05, 0.1) is 0 Å². The molecule has 0 atom stereocenters. The minimum absolute atomic E-state index is 0.640. The molecular formula is C12H14N4. The molecule has 16 heavy (non-hydrogen) atoms. The van der Waals surface area contributed by atoms with Gasteiger partial charge in [0.15, 0.2) is 5.82 Å². The summed E-state index contributed by atoms with van der Waals surface area (Å²) in [6, 6.07) is 8.82. The average Bonchev–Trinajstić information content (AvgIpc) is 3.00. The molecule has 0 bridgehead atoms. The SMILES string of the molecule is Cc1nc(-c2ccccc2NC2CC2)n[nH]1. The lowest BCUT2D eigenvalue weighted by Gasteiger charge is -2.08. The molecule has 0 radical (unpaired) electrons. The summed E-state index contributed by atoms with van der Waals surface area (Å²) in [5, 5.41) is 10.6. The summed E-state index contributed by atoms with van der Waals surface area (Å²) in [6.45, 7) is 1.91. The second kappa shape index (κ2) is 3.63. The molecule has 0 amide bonds. The lowest BCUT2D eigenvalue weighted by Crippen LogP contribution is -2.02. The van der Waals surface area contributed by atoms with Gasteiger partial charge in [-0.05, 0) is 31.9 Å². The van der Waals surface area contributed by atoms with Crippen molar-refractivity contribution in [2.45, 2.75) is 25.8 Å². The Morgan fingerprint density at radius 2 is 2.12 bits per heavy atom. The Morgan fingerprint density at radius 1 is 1.31 bits per heavy atom. The van der Waals surface area contributed by atoms with Crippen LogP contribution in [0.4, 0.5) is 5.69 Å². The highest BCUT2D eigenvalue weighted by molar-refractivity contribution is 5.73. The third kappa shape index (κ3) is 1.78. The minimum atomic E-state index is 0.640. The zero-order chi connectivity index (χ0) is 11.0. The first-order chi connectivity index (χ1) is 7.83. The van der Waals surface area contributed by atoms with Crippen LogP contribution in [0.3, 0.4) is 0 Å². The van der Waals surface area contributed by atoms with E-state index in [9.17, 15) is 0 Å². The third-order valence-electron chi connectivity index (χ3n) is 2.70. The van der Waals surface area contributed by atoms with Crippen molar-refractivity contribution in [1.82, 2.24) is 15.2 Å². The van der Waals surface area contributed by atoms with Crippen molar-refractivity contribution >= 4 is 5.69 Å². The number of aromatic amines is 1. The molecule has 1 aliphatic carbocycles. The molecule has 1 aliphatic rings. The van der Waals surface area contributed by atoms with Gasteiger partial charge in [0, 0.05) is 17.3 Å². The van der Waals surface area contributed by atoms with E-state index in [1.807, 2.05) is 25.1 Å². The molecule has 0 spiro atoms. The largest absolute Gasteiger partial charge is 0.382 e. The van der Waals surface area contributed by atoms with Crippen LogP contribution >= 0.6 is 0 Å². The van der Waals surface area contributed by atoms with Crippen LogP contribution in [0.2, 0.25) is 0 Å². The monoisotopic (exact) mass is 214 g/mol. The maximum absolute atomic E-state index is 4.36. The number of rotatable bonds is 3. The van der Waals surface area contributed by atoms with Crippen LogP contribution in [0, 0.1) is 6.92 Å². The maximum atomic E-state index is 4.36. The molecular weight excluding hydrogens is 200 g/mol. The molecule has 4 nitrogen and oxygen atoms in total. The van der Waals surface area contributed by atoms with E-state index >= 15 is 0 Å². The smallest absolute Gasteiger partial charge is 0.183 e. The van der Waals surface area contributed by atoms with Gasteiger partial charge in [-0.15, -0.1) is 0 Å². The number of aryl methyl sites for hydroxylation is 1. The molecule has 0 aliphatic heterocycles. The molecule has 82 valence electrons. The van der Waals surface area contributed by atoms with Crippen LogP contribution in [-0.4, -0.2) is 21.2 Å². The van der Waals surface area contributed by atoms with Gasteiger partial charge in [0.2, 0.25) is 0 Å². The highest BCUT2D eigenvalue weighted by atomic mass is 15.2. The molecule has 1 aromatic carbocycles. The Hall–Kier alpha value is -1.84. The Bertz CT molecular complexity index is 499. The Kier molecular flexibility index (Phi) is 2.13. The van der Waals surface area contributed by atoms with Gasteiger partial charge in [-0.1, -0.05) is 12.1 Å². The number of benzene rings is 1. The van der Waals surface area contributed by atoms with Gasteiger partial charge in [0.1, 0.15) is 5.82 Å². The predicted octanol–water partition coefficient (Wildman–Crippen LogP) is 2.35. The first-order valence-corrected chi connectivity index (χ1v) is 5.58. The van der Waals surface area contributed by atoms with Crippen LogP contribution in [0.15, 0.2) is 24.3 Å². The lowest BCUT2D eigenvalue weighted by molar-refractivity contribution is 1.04. The third-order valence-corrected chi connectivity index (χ3v) is 2.70. The van der Waals surface area contributed by atoms with Gasteiger partial charge in [-0.25, -0.2) is 4.98 Å². The summed E-state index contributed by atoms with van der Waals surface area (Å²) in [5.41, 5.74) is 2.20. The molecule has 0 unspecified atom stereocenters. The number of nitrogens with one attached hydrogen (secondary N) is 2. The van der Waals surface area contributed by atoms with Crippen molar-refractivity contribution in [1.29, 1.82) is 0 Å². The van der Waals surface area contributed by atoms with E-state index < -0.39 is 0 Å². The van der Waals surface area contributed by atoms with Crippen molar-refractivity contribution in [3.05, 3.63) is 30.1 Å². The number of hydrogen-bond donors (Lipinski definition) is 2. The molecule has 3 rings (SSSR count). The van der Waals surface area contributed by atoms with Gasteiger partial charge in [-0.3, -0.25) is 5.10 Å². The molecule has 4 heteroatoms. The fourth-order valence-corrected chi connectivity index (χ4v) is 1.71. The van der Waals surface area contributed by atoms with Crippen molar-refractivity contribution in [2.24, 2.45) is 0 Å². The van der Waals surface area contributed by atoms with Crippen molar-refractivity contribution in [2.75, 3.05) is 5.32 Å². The van der Waals surface area contributed by atoms with Crippen LogP contribution in [0.5, 0.6) is 0 Å². The topological polar surface area (TPSA) is 53.6 Å². The van der Waals surface area contributed by atoms with Crippen LogP contribution in [0.1, 0.15) is 18.7 Å². The number of anilines is 1. The molecule has 1 heterocycles. The number of hydrogen-bond acceptors (Lipinski definition) is 3. The predicted molar refractivity (Wildman–Crippen MR) is 63.2 cm³/mol. The summed E-state index contributed by atoms with van der Waals surface area (Å²) >= 11 is 0. The minimum Gasteiger partial charge on any atom is -0.382 e. The quantitative estimate of drug-likeness (QED) is 0.824. The van der Waals surface area contributed by atoms with Crippen molar-refractivity contribution in [3.63, 3.8) is 0 Å². The van der Waals surface area contributed by atoms with Gasteiger partial charge in [0.25, 0.3) is 0 Å². The van der Waals surface area contributed by atoms with E-state index in [0.717, 1.165) is 22.9 Å². The van der Waals surface area contributed by atoms with Crippen LogP contribution < -0.4 is 5.32 Å². The molecule has 1 saturated carbocycles. The van der Waals surface area contributed by atoms with E-state index in [-0.39, 0.29) is 0 Å².